The van der Waals surface area contributed by atoms with Gasteiger partial charge in [-0.1, -0.05) is 10.3 Å². The molecule has 0 amide bonds. The second kappa shape index (κ2) is 5.60. The summed E-state index contributed by atoms with van der Waals surface area (Å²) in [4.78, 5) is 2.54. The van der Waals surface area contributed by atoms with Crippen molar-refractivity contribution >= 4 is 0 Å². The minimum absolute atomic E-state index is 0.669. The highest BCUT2D eigenvalue weighted by atomic mass is 16.6. The zero-order chi connectivity index (χ0) is 12.3. The van der Waals surface area contributed by atoms with Crippen LogP contribution in [-0.4, -0.2) is 40.9 Å². The van der Waals surface area contributed by atoms with E-state index in [0.29, 0.717) is 6.04 Å². The summed E-state index contributed by atoms with van der Waals surface area (Å²) in [6.45, 7) is 10.7. The zero-order valence-electron chi connectivity index (χ0n) is 10.9. The molecule has 0 radical (unpaired) electrons. The maximum atomic E-state index is 4.67. The lowest BCUT2D eigenvalue weighted by molar-refractivity contribution is 0.263. The van der Waals surface area contributed by atoms with Gasteiger partial charge in [0.2, 0.25) is 0 Å². The van der Waals surface area contributed by atoms with Crippen LogP contribution in [-0.2, 0) is 6.54 Å². The maximum Gasteiger partial charge on any atom is 0.121 e. The van der Waals surface area contributed by atoms with E-state index in [-0.39, 0.29) is 0 Å². The number of nitrogens with one attached hydrogen (secondary N) is 1. The summed E-state index contributed by atoms with van der Waals surface area (Å²) < 4.78 is 4.67. The summed E-state index contributed by atoms with van der Waals surface area (Å²) in [6, 6.07) is 0.669. The van der Waals surface area contributed by atoms with E-state index in [1.165, 1.54) is 19.5 Å². The number of aromatic nitrogens is 2. The predicted octanol–water partition coefficient (Wildman–Crippen LogP) is 1.20. The van der Waals surface area contributed by atoms with E-state index >= 15 is 0 Å². The smallest absolute Gasteiger partial charge is 0.121 e. The monoisotopic (exact) mass is 238 g/mol. The van der Waals surface area contributed by atoms with E-state index in [0.717, 1.165) is 30.4 Å². The quantitative estimate of drug-likeness (QED) is 0.835. The molecule has 1 atom stereocenters. The van der Waals surface area contributed by atoms with Crippen molar-refractivity contribution in [1.82, 2.24) is 20.5 Å². The Morgan fingerprint density at radius 2 is 2.29 bits per heavy atom. The fourth-order valence-electron chi connectivity index (χ4n) is 2.30. The highest BCUT2D eigenvalue weighted by molar-refractivity contribution is 5.03. The fourth-order valence-corrected chi connectivity index (χ4v) is 2.30. The normalized spacial score (nSPS) is 21.5. The van der Waals surface area contributed by atoms with E-state index in [4.69, 9.17) is 0 Å². The lowest BCUT2D eigenvalue weighted by Crippen LogP contribution is -2.30. The molecule has 2 heterocycles. The predicted molar refractivity (Wildman–Crippen MR) is 65.6 cm³/mol. The topological polar surface area (TPSA) is 54.2 Å². The number of nitrogens with zero attached hydrogens (tertiary/aromatic N) is 3. The first-order valence-corrected chi connectivity index (χ1v) is 6.39. The van der Waals surface area contributed by atoms with E-state index in [9.17, 15) is 0 Å². The lowest BCUT2D eigenvalue weighted by Gasteiger charge is -2.20. The van der Waals surface area contributed by atoms with E-state index in [2.05, 4.69) is 39.0 Å². The van der Waals surface area contributed by atoms with Gasteiger partial charge in [-0.25, -0.2) is 4.63 Å². The van der Waals surface area contributed by atoms with Gasteiger partial charge >= 0.3 is 0 Å². The second-order valence-corrected chi connectivity index (χ2v) is 5.17. The average Bonchev–Trinajstić information content (AvgIpc) is 2.89. The Labute approximate surface area is 103 Å². The number of aryl methyl sites for hydroxylation is 1. The summed E-state index contributed by atoms with van der Waals surface area (Å²) in [5, 5.41) is 11.1. The van der Waals surface area contributed by atoms with Crippen LogP contribution in [0.4, 0.5) is 0 Å². The van der Waals surface area contributed by atoms with Crippen molar-refractivity contribution in [1.29, 1.82) is 0 Å². The van der Waals surface area contributed by atoms with Crippen molar-refractivity contribution < 1.29 is 4.63 Å². The van der Waals surface area contributed by atoms with Crippen LogP contribution in [0.15, 0.2) is 4.63 Å². The van der Waals surface area contributed by atoms with Crippen LogP contribution >= 0.6 is 0 Å². The largest absolute Gasteiger partial charge is 0.311 e. The maximum absolute atomic E-state index is 4.67. The number of hydrogen-bond donors (Lipinski definition) is 1. The van der Waals surface area contributed by atoms with Gasteiger partial charge in [0, 0.05) is 19.1 Å². The minimum Gasteiger partial charge on any atom is -0.311 e. The third-order valence-electron chi connectivity index (χ3n) is 3.52. The third kappa shape index (κ3) is 3.26. The molecular formula is C12H22N4O. The fraction of sp³-hybridized carbons (Fsp3) is 0.833. The van der Waals surface area contributed by atoms with Crippen LogP contribution in [0, 0.1) is 12.8 Å². The Morgan fingerprint density at radius 1 is 1.47 bits per heavy atom. The first kappa shape index (κ1) is 12.5. The molecule has 0 aromatic carbocycles. The van der Waals surface area contributed by atoms with Gasteiger partial charge in [-0.2, -0.15) is 0 Å². The highest BCUT2D eigenvalue weighted by Gasteiger charge is 2.23. The van der Waals surface area contributed by atoms with Crippen molar-refractivity contribution in [3.05, 3.63) is 11.4 Å². The molecule has 1 unspecified atom stereocenters. The molecule has 2 rings (SSSR count). The highest BCUT2D eigenvalue weighted by Crippen LogP contribution is 2.17. The zero-order valence-corrected chi connectivity index (χ0v) is 10.9. The first-order valence-electron chi connectivity index (χ1n) is 6.39. The van der Waals surface area contributed by atoms with Gasteiger partial charge in [0.05, 0.1) is 0 Å². The van der Waals surface area contributed by atoms with Crippen LogP contribution in [0.5, 0.6) is 0 Å². The Balaban J connectivity index is 1.68. The summed E-state index contributed by atoms with van der Waals surface area (Å²) >= 11 is 0. The summed E-state index contributed by atoms with van der Waals surface area (Å²) in [5.74, 6) is 0.762. The van der Waals surface area contributed by atoms with E-state index in [1.807, 2.05) is 6.92 Å². The number of rotatable bonds is 5. The molecule has 1 N–H and O–H groups in total. The molecule has 96 valence electrons. The molecule has 1 aliphatic heterocycles. The van der Waals surface area contributed by atoms with Crippen LogP contribution < -0.4 is 5.32 Å². The summed E-state index contributed by atoms with van der Waals surface area (Å²) in [7, 11) is 0. The van der Waals surface area contributed by atoms with E-state index in [1.54, 1.807) is 0 Å². The van der Waals surface area contributed by atoms with E-state index < -0.39 is 0 Å². The molecule has 1 aromatic heterocycles. The molecule has 1 saturated heterocycles. The SMILES string of the molecule is Cc1nonc1CNCC1CCN(C(C)C)C1. The van der Waals surface area contributed by atoms with Gasteiger partial charge in [-0.05, 0) is 46.2 Å². The first-order chi connectivity index (χ1) is 8.16. The molecule has 0 aliphatic carbocycles. The van der Waals surface area contributed by atoms with Gasteiger partial charge in [-0.15, -0.1) is 0 Å². The minimum atomic E-state index is 0.669. The molecule has 0 saturated carbocycles. The van der Waals surface area contributed by atoms with Crippen molar-refractivity contribution in [2.75, 3.05) is 19.6 Å². The Hall–Kier alpha value is -0.940. The summed E-state index contributed by atoms with van der Waals surface area (Å²) in [5.41, 5.74) is 1.80. The van der Waals surface area contributed by atoms with Crippen molar-refractivity contribution in [2.24, 2.45) is 5.92 Å². The van der Waals surface area contributed by atoms with Gasteiger partial charge < -0.3 is 10.2 Å². The van der Waals surface area contributed by atoms with Gasteiger partial charge in [0.15, 0.2) is 0 Å². The van der Waals surface area contributed by atoms with Gasteiger partial charge in [0.25, 0.3) is 0 Å². The molecular weight excluding hydrogens is 216 g/mol. The van der Waals surface area contributed by atoms with Crippen molar-refractivity contribution in [3.63, 3.8) is 0 Å². The molecule has 17 heavy (non-hydrogen) atoms. The molecule has 5 nitrogen and oxygen atoms in total. The number of hydrogen-bond acceptors (Lipinski definition) is 5. The Bertz CT molecular complexity index is 350. The lowest BCUT2D eigenvalue weighted by atomic mass is 10.1. The van der Waals surface area contributed by atoms with Gasteiger partial charge in [-0.3, -0.25) is 0 Å². The molecule has 1 fully saturated rings. The van der Waals surface area contributed by atoms with Crippen LogP contribution in [0.2, 0.25) is 0 Å². The van der Waals surface area contributed by atoms with Crippen LogP contribution in [0.25, 0.3) is 0 Å². The average molecular weight is 238 g/mol. The van der Waals surface area contributed by atoms with Crippen LogP contribution in [0.1, 0.15) is 31.7 Å². The van der Waals surface area contributed by atoms with Crippen molar-refractivity contribution in [2.45, 2.75) is 39.8 Å². The molecule has 5 heteroatoms. The standard InChI is InChI=1S/C12H22N4O/c1-9(2)16-5-4-11(8-16)6-13-7-12-10(3)14-17-15-12/h9,11,13H,4-8H2,1-3H3. The Kier molecular flexibility index (Phi) is 4.12. The Morgan fingerprint density at radius 3 is 2.88 bits per heavy atom. The third-order valence-corrected chi connectivity index (χ3v) is 3.52. The summed E-state index contributed by atoms with van der Waals surface area (Å²) in [6.07, 6.45) is 1.29. The second-order valence-electron chi connectivity index (χ2n) is 5.17. The number of likely N-dealkylation sites (tertiary alicyclic amines) is 1. The molecule has 1 aliphatic rings. The van der Waals surface area contributed by atoms with Gasteiger partial charge in [0.1, 0.15) is 11.4 Å². The molecule has 0 bridgehead atoms. The molecule has 0 spiro atoms. The molecule has 1 aromatic rings. The van der Waals surface area contributed by atoms with Crippen LogP contribution in [0.3, 0.4) is 0 Å². The van der Waals surface area contributed by atoms with Crippen molar-refractivity contribution in [3.8, 4) is 0 Å².